The van der Waals surface area contributed by atoms with Crippen LogP contribution in [0.5, 0.6) is 5.75 Å². The number of phenols is 1. The van der Waals surface area contributed by atoms with Crippen molar-refractivity contribution in [1.82, 2.24) is 0 Å². The predicted molar refractivity (Wildman–Crippen MR) is 75.5 cm³/mol. The molecular formula is C13H18BrNO3. The minimum atomic E-state index is -0.531. The van der Waals surface area contributed by atoms with E-state index in [1.54, 1.807) is 12.1 Å². The highest BCUT2D eigenvalue weighted by Crippen LogP contribution is 2.23. The van der Waals surface area contributed by atoms with E-state index in [1.807, 2.05) is 20.8 Å². The van der Waals surface area contributed by atoms with Gasteiger partial charge in [-0.05, 0) is 51.0 Å². The molecule has 5 heteroatoms. The number of nitrogens with one attached hydrogen (secondary N) is 1. The number of benzene rings is 1. The Labute approximate surface area is 115 Å². The van der Waals surface area contributed by atoms with E-state index in [0.29, 0.717) is 12.1 Å². The van der Waals surface area contributed by atoms with Gasteiger partial charge in [-0.15, -0.1) is 0 Å². The zero-order chi connectivity index (χ0) is 13.8. The van der Waals surface area contributed by atoms with Crippen LogP contribution in [0.1, 0.15) is 26.3 Å². The summed E-state index contributed by atoms with van der Waals surface area (Å²) in [5.74, 6) is 0.181. The van der Waals surface area contributed by atoms with E-state index >= 15 is 0 Å². The quantitative estimate of drug-likeness (QED) is 0.661. The Bertz CT molecular complexity index is 427. The first-order valence-electron chi connectivity index (χ1n) is 5.69. The van der Waals surface area contributed by atoms with Crippen LogP contribution in [0.4, 0.5) is 10.5 Å². The topological polar surface area (TPSA) is 58.6 Å². The van der Waals surface area contributed by atoms with Crippen LogP contribution in [-0.4, -0.2) is 22.1 Å². The molecule has 1 aromatic carbocycles. The van der Waals surface area contributed by atoms with Crippen LogP contribution < -0.4 is 5.32 Å². The van der Waals surface area contributed by atoms with Gasteiger partial charge in [-0.1, -0.05) is 15.9 Å². The molecule has 0 bridgehead atoms. The van der Waals surface area contributed by atoms with Gasteiger partial charge in [0.2, 0.25) is 0 Å². The SMILES string of the molecule is CC(C)(C)OC(=O)Nc1ccc(O)cc1CCBr. The Morgan fingerprint density at radius 2 is 2.11 bits per heavy atom. The molecule has 0 saturated carbocycles. The molecule has 0 aliphatic rings. The number of phenolic OH excluding ortho intramolecular Hbond substituents is 1. The van der Waals surface area contributed by atoms with Gasteiger partial charge in [-0.3, -0.25) is 5.32 Å². The Balaban J connectivity index is 2.80. The largest absolute Gasteiger partial charge is 0.508 e. The van der Waals surface area contributed by atoms with E-state index in [0.717, 1.165) is 10.9 Å². The molecule has 0 saturated heterocycles. The molecule has 1 aromatic rings. The molecule has 100 valence electrons. The number of ether oxygens (including phenoxy) is 1. The van der Waals surface area contributed by atoms with Crippen LogP contribution in [0.25, 0.3) is 0 Å². The Morgan fingerprint density at radius 1 is 1.44 bits per heavy atom. The van der Waals surface area contributed by atoms with Crippen molar-refractivity contribution < 1.29 is 14.6 Å². The van der Waals surface area contributed by atoms with Crippen LogP contribution in [0.3, 0.4) is 0 Å². The van der Waals surface area contributed by atoms with Crippen molar-refractivity contribution in [3.05, 3.63) is 23.8 Å². The van der Waals surface area contributed by atoms with Gasteiger partial charge < -0.3 is 9.84 Å². The lowest BCUT2D eigenvalue weighted by atomic mass is 10.1. The summed E-state index contributed by atoms with van der Waals surface area (Å²) in [7, 11) is 0. The van der Waals surface area contributed by atoms with Gasteiger partial charge in [0.05, 0.1) is 0 Å². The van der Waals surface area contributed by atoms with Crippen molar-refractivity contribution in [2.75, 3.05) is 10.6 Å². The third-order valence-corrected chi connectivity index (χ3v) is 2.48. The lowest BCUT2D eigenvalue weighted by Gasteiger charge is -2.20. The molecule has 0 aliphatic heterocycles. The molecule has 0 atom stereocenters. The summed E-state index contributed by atoms with van der Waals surface area (Å²) in [6.45, 7) is 5.42. The summed E-state index contributed by atoms with van der Waals surface area (Å²) in [5.41, 5.74) is 0.982. The summed E-state index contributed by atoms with van der Waals surface area (Å²) >= 11 is 3.33. The molecule has 0 heterocycles. The van der Waals surface area contributed by atoms with Gasteiger partial charge in [-0.2, -0.15) is 0 Å². The third kappa shape index (κ3) is 4.96. The number of alkyl halides is 1. The Kier molecular flexibility index (Phi) is 5.02. The van der Waals surface area contributed by atoms with E-state index < -0.39 is 11.7 Å². The van der Waals surface area contributed by atoms with Crippen molar-refractivity contribution >= 4 is 27.7 Å². The number of hydrogen-bond acceptors (Lipinski definition) is 3. The molecule has 0 spiro atoms. The standard InChI is InChI=1S/C13H18BrNO3/c1-13(2,3)18-12(17)15-11-5-4-10(16)8-9(11)6-7-14/h4-5,8,16H,6-7H2,1-3H3,(H,15,17). The zero-order valence-corrected chi connectivity index (χ0v) is 12.4. The second kappa shape index (κ2) is 6.09. The highest BCUT2D eigenvalue weighted by Gasteiger charge is 2.17. The number of aromatic hydroxyl groups is 1. The smallest absolute Gasteiger partial charge is 0.412 e. The normalized spacial score (nSPS) is 11.1. The first-order valence-corrected chi connectivity index (χ1v) is 6.82. The number of rotatable bonds is 3. The molecule has 18 heavy (non-hydrogen) atoms. The minimum absolute atomic E-state index is 0.181. The fourth-order valence-corrected chi connectivity index (χ4v) is 1.85. The van der Waals surface area contributed by atoms with Gasteiger partial charge in [0.15, 0.2) is 0 Å². The molecule has 0 aromatic heterocycles. The van der Waals surface area contributed by atoms with Gasteiger partial charge in [0.1, 0.15) is 11.4 Å². The molecule has 0 unspecified atom stereocenters. The summed E-state index contributed by atoms with van der Waals surface area (Å²) in [6, 6.07) is 4.83. The summed E-state index contributed by atoms with van der Waals surface area (Å²) in [6.07, 6.45) is 0.212. The van der Waals surface area contributed by atoms with Crippen LogP contribution in [0, 0.1) is 0 Å². The zero-order valence-electron chi connectivity index (χ0n) is 10.8. The monoisotopic (exact) mass is 315 g/mol. The second-order valence-electron chi connectivity index (χ2n) is 4.91. The second-order valence-corrected chi connectivity index (χ2v) is 5.70. The highest BCUT2D eigenvalue weighted by molar-refractivity contribution is 9.09. The van der Waals surface area contributed by atoms with E-state index in [2.05, 4.69) is 21.2 Å². The van der Waals surface area contributed by atoms with Gasteiger partial charge in [0.25, 0.3) is 0 Å². The molecular weight excluding hydrogens is 298 g/mol. The number of aryl methyl sites for hydroxylation is 1. The molecule has 2 N–H and O–H groups in total. The number of carbonyl (C=O) groups is 1. The lowest BCUT2D eigenvalue weighted by molar-refractivity contribution is 0.0636. The fraction of sp³-hybridized carbons (Fsp3) is 0.462. The molecule has 1 amide bonds. The number of hydrogen-bond donors (Lipinski definition) is 2. The molecule has 0 radical (unpaired) electrons. The summed E-state index contributed by atoms with van der Waals surface area (Å²) in [4.78, 5) is 11.7. The first kappa shape index (κ1) is 14.8. The maximum Gasteiger partial charge on any atom is 0.412 e. The van der Waals surface area contributed by atoms with Gasteiger partial charge in [-0.25, -0.2) is 4.79 Å². The number of carbonyl (C=O) groups excluding carboxylic acids is 1. The van der Waals surface area contributed by atoms with E-state index in [-0.39, 0.29) is 5.75 Å². The fourth-order valence-electron chi connectivity index (χ4n) is 1.42. The first-order chi connectivity index (χ1) is 8.31. The molecule has 0 fully saturated rings. The predicted octanol–water partition coefficient (Wildman–Crippen LogP) is 3.68. The van der Waals surface area contributed by atoms with Crippen molar-refractivity contribution in [3.8, 4) is 5.75 Å². The number of halogens is 1. The van der Waals surface area contributed by atoms with Crippen LogP contribution in [-0.2, 0) is 11.2 Å². The van der Waals surface area contributed by atoms with Gasteiger partial charge >= 0.3 is 6.09 Å². The average Bonchev–Trinajstić information content (AvgIpc) is 2.20. The van der Waals surface area contributed by atoms with Crippen molar-refractivity contribution in [1.29, 1.82) is 0 Å². The minimum Gasteiger partial charge on any atom is -0.508 e. The van der Waals surface area contributed by atoms with Crippen LogP contribution in [0.15, 0.2) is 18.2 Å². The Morgan fingerprint density at radius 3 is 2.67 bits per heavy atom. The van der Waals surface area contributed by atoms with Crippen molar-refractivity contribution in [2.24, 2.45) is 0 Å². The van der Waals surface area contributed by atoms with Crippen LogP contribution in [0.2, 0.25) is 0 Å². The van der Waals surface area contributed by atoms with E-state index in [1.165, 1.54) is 6.07 Å². The third-order valence-electron chi connectivity index (χ3n) is 2.09. The molecule has 4 nitrogen and oxygen atoms in total. The lowest BCUT2D eigenvalue weighted by Crippen LogP contribution is -2.27. The summed E-state index contributed by atoms with van der Waals surface area (Å²) < 4.78 is 5.18. The average molecular weight is 316 g/mol. The maximum atomic E-state index is 11.7. The van der Waals surface area contributed by atoms with Crippen molar-refractivity contribution in [3.63, 3.8) is 0 Å². The molecule has 0 aliphatic carbocycles. The maximum absolute atomic E-state index is 11.7. The van der Waals surface area contributed by atoms with E-state index in [4.69, 9.17) is 4.74 Å². The molecule has 1 rings (SSSR count). The number of amides is 1. The van der Waals surface area contributed by atoms with Crippen molar-refractivity contribution in [2.45, 2.75) is 32.8 Å². The number of anilines is 1. The summed E-state index contributed by atoms with van der Waals surface area (Å²) in [5, 5.41) is 12.9. The van der Waals surface area contributed by atoms with Gasteiger partial charge in [0, 0.05) is 11.0 Å². The highest BCUT2D eigenvalue weighted by atomic mass is 79.9. The Hall–Kier alpha value is -1.23. The van der Waals surface area contributed by atoms with Crippen LogP contribution >= 0.6 is 15.9 Å². The van der Waals surface area contributed by atoms with E-state index in [9.17, 15) is 9.90 Å².